The highest BCUT2D eigenvalue weighted by molar-refractivity contribution is 5.99. The third-order valence-electron chi connectivity index (χ3n) is 4.16. The highest BCUT2D eigenvalue weighted by Gasteiger charge is 2.25. The second-order valence-corrected chi connectivity index (χ2v) is 6.40. The molecule has 0 spiro atoms. The van der Waals surface area contributed by atoms with E-state index in [1.165, 1.54) is 30.1 Å². The molecular formula is C20H18FN5O4. The first-order chi connectivity index (χ1) is 14.4. The lowest BCUT2D eigenvalue weighted by atomic mass is 10.1. The van der Waals surface area contributed by atoms with Gasteiger partial charge in [-0.25, -0.2) is 13.9 Å². The number of amides is 1. The van der Waals surface area contributed by atoms with Crippen LogP contribution < -0.4 is 5.32 Å². The van der Waals surface area contributed by atoms with Crippen molar-refractivity contribution >= 4 is 23.3 Å². The number of Topliss-reactive ketones (excluding diaryl/α,β-unsaturated/α-hetero) is 1. The van der Waals surface area contributed by atoms with Crippen LogP contribution in [0.5, 0.6) is 0 Å². The van der Waals surface area contributed by atoms with Crippen molar-refractivity contribution in [3.8, 4) is 0 Å². The monoisotopic (exact) mass is 411 g/mol. The molecule has 0 saturated heterocycles. The largest absolute Gasteiger partial charge is 0.456 e. The van der Waals surface area contributed by atoms with E-state index in [-0.39, 0.29) is 23.6 Å². The number of nitrogens with one attached hydrogen (secondary N) is 1. The van der Waals surface area contributed by atoms with Crippen molar-refractivity contribution in [3.05, 3.63) is 71.8 Å². The van der Waals surface area contributed by atoms with Crippen molar-refractivity contribution in [1.29, 1.82) is 0 Å². The summed E-state index contributed by atoms with van der Waals surface area (Å²) in [5.41, 5.74) is 0.815. The van der Waals surface area contributed by atoms with Crippen LogP contribution >= 0.6 is 0 Å². The fourth-order valence-electron chi connectivity index (χ4n) is 2.77. The smallest absolute Gasteiger partial charge is 0.331 e. The number of ketones is 1. The number of nitrogens with zero attached hydrogens (tertiary/aromatic N) is 4. The molecule has 1 aromatic heterocycles. The molecule has 1 N–H and O–H groups in total. The first-order valence-corrected chi connectivity index (χ1v) is 8.97. The number of esters is 1. The van der Waals surface area contributed by atoms with E-state index < -0.39 is 30.2 Å². The van der Waals surface area contributed by atoms with Gasteiger partial charge in [0.05, 0.1) is 5.56 Å². The Hall–Kier alpha value is -3.95. The first kappa shape index (κ1) is 20.8. The summed E-state index contributed by atoms with van der Waals surface area (Å²) in [6, 6.07) is 11.9. The summed E-state index contributed by atoms with van der Waals surface area (Å²) >= 11 is 0. The van der Waals surface area contributed by atoms with Crippen molar-refractivity contribution in [1.82, 2.24) is 20.2 Å². The van der Waals surface area contributed by atoms with Crippen molar-refractivity contribution in [2.75, 3.05) is 11.9 Å². The summed E-state index contributed by atoms with van der Waals surface area (Å²) in [5, 5.41) is 13.2. The molecule has 0 saturated carbocycles. The van der Waals surface area contributed by atoms with Crippen molar-refractivity contribution < 1.29 is 23.5 Å². The molecular weight excluding hydrogens is 393 g/mol. The van der Waals surface area contributed by atoms with E-state index in [1.807, 2.05) is 30.3 Å². The molecule has 10 heteroatoms. The second-order valence-electron chi connectivity index (χ2n) is 6.40. The fraction of sp³-hybridized carbons (Fsp3) is 0.200. The summed E-state index contributed by atoms with van der Waals surface area (Å²) in [6.45, 7) is 0.635. The number of anilines is 1. The minimum atomic E-state index is -0.887. The Labute approximate surface area is 170 Å². The summed E-state index contributed by atoms with van der Waals surface area (Å²) in [7, 11) is 0. The van der Waals surface area contributed by atoms with E-state index in [9.17, 15) is 18.8 Å². The number of aromatic nitrogens is 4. The van der Waals surface area contributed by atoms with Crippen molar-refractivity contribution in [3.63, 3.8) is 0 Å². The normalized spacial score (nSPS) is 11.5. The number of hydrogen-bond donors (Lipinski definition) is 1. The predicted octanol–water partition coefficient (Wildman–Crippen LogP) is 1.98. The minimum Gasteiger partial charge on any atom is -0.456 e. The number of tetrazole rings is 1. The van der Waals surface area contributed by atoms with E-state index in [1.54, 1.807) is 0 Å². The first-order valence-electron chi connectivity index (χ1n) is 8.97. The minimum absolute atomic E-state index is 0.218. The molecule has 3 aromatic rings. The number of hydrogen-bond acceptors (Lipinski definition) is 7. The quantitative estimate of drug-likeness (QED) is 0.445. The third kappa shape index (κ3) is 5.31. The van der Waals surface area contributed by atoms with Crippen LogP contribution in [0.1, 0.15) is 28.9 Å². The van der Waals surface area contributed by atoms with Gasteiger partial charge in [0.1, 0.15) is 12.1 Å². The van der Waals surface area contributed by atoms with Gasteiger partial charge >= 0.3 is 5.97 Å². The van der Waals surface area contributed by atoms with Crippen LogP contribution in [0.15, 0.2) is 54.9 Å². The zero-order chi connectivity index (χ0) is 21.5. The third-order valence-corrected chi connectivity index (χ3v) is 4.16. The fourth-order valence-corrected chi connectivity index (χ4v) is 2.77. The van der Waals surface area contributed by atoms with Crippen LogP contribution in [0, 0.1) is 5.82 Å². The molecule has 0 unspecified atom stereocenters. The zero-order valence-electron chi connectivity index (χ0n) is 16.0. The molecule has 2 aromatic carbocycles. The van der Waals surface area contributed by atoms with Gasteiger partial charge in [0.2, 0.25) is 11.7 Å². The van der Waals surface area contributed by atoms with Crippen LogP contribution in [0.25, 0.3) is 0 Å². The summed E-state index contributed by atoms with van der Waals surface area (Å²) in [6.07, 6.45) is 1.52. The van der Waals surface area contributed by atoms with Gasteiger partial charge in [0.15, 0.2) is 12.6 Å². The molecule has 1 heterocycles. The van der Waals surface area contributed by atoms with E-state index >= 15 is 0 Å². The molecule has 1 atom stereocenters. The van der Waals surface area contributed by atoms with Gasteiger partial charge in [-0.05, 0) is 34.2 Å². The van der Waals surface area contributed by atoms with Gasteiger partial charge in [0, 0.05) is 19.0 Å². The SMILES string of the molecule is CC(=O)Nc1ccc(C(=O)COC(=O)[C@H](Cc2ccccc2)n2cnnn2)c(F)c1. The molecule has 1 amide bonds. The van der Waals surface area contributed by atoms with Crippen molar-refractivity contribution in [2.45, 2.75) is 19.4 Å². The molecule has 0 radical (unpaired) electrons. The Balaban J connectivity index is 1.67. The maximum atomic E-state index is 14.2. The summed E-state index contributed by atoms with van der Waals surface area (Å²) < 4.78 is 20.6. The standard InChI is InChI=1S/C20H18FN5O4/c1-13(27)23-15-7-8-16(17(21)10-15)19(28)11-30-20(29)18(26-12-22-24-25-26)9-14-5-3-2-4-6-14/h2-8,10,12,18H,9,11H2,1H3,(H,23,27)/t18-/m0/s1. The molecule has 0 fully saturated rings. The van der Waals surface area contributed by atoms with Gasteiger partial charge in [-0.3, -0.25) is 9.59 Å². The van der Waals surface area contributed by atoms with Crippen LogP contribution in [0.2, 0.25) is 0 Å². The molecule has 0 aliphatic heterocycles. The molecule has 9 nitrogen and oxygen atoms in total. The zero-order valence-corrected chi connectivity index (χ0v) is 16.0. The lowest BCUT2D eigenvalue weighted by molar-refractivity contribution is -0.146. The van der Waals surface area contributed by atoms with Crippen LogP contribution in [0.4, 0.5) is 10.1 Å². The lowest BCUT2D eigenvalue weighted by Gasteiger charge is -2.15. The average Bonchev–Trinajstić information content (AvgIpc) is 3.25. The number of rotatable bonds is 8. The van der Waals surface area contributed by atoms with E-state index in [2.05, 4.69) is 20.8 Å². The van der Waals surface area contributed by atoms with Crippen LogP contribution in [0.3, 0.4) is 0 Å². The van der Waals surface area contributed by atoms with Crippen LogP contribution in [-0.2, 0) is 20.7 Å². The number of ether oxygens (including phenoxy) is 1. The summed E-state index contributed by atoms with van der Waals surface area (Å²) in [4.78, 5) is 36.0. The Morgan fingerprint density at radius 3 is 2.57 bits per heavy atom. The highest BCUT2D eigenvalue weighted by atomic mass is 19.1. The van der Waals surface area contributed by atoms with Gasteiger partial charge in [-0.15, -0.1) is 5.10 Å². The molecule has 30 heavy (non-hydrogen) atoms. The topological polar surface area (TPSA) is 116 Å². The maximum absolute atomic E-state index is 14.2. The van der Waals surface area contributed by atoms with E-state index in [0.717, 1.165) is 11.6 Å². The van der Waals surface area contributed by atoms with Crippen molar-refractivity contribution in [2.24, 2.45) is 0 Å². The molecule has 0 aliphatic carbocycles. The highest BCUT2D eigenvalue weighted by Crippen LogP contribution is 2.17. The molecule has 0 bridgehead atoms. The number of halogens is 1. The Bertz CT molecular complexity index is 1040. The Morgan fingerprint density at radius 2 is 1.93 bits per heavy atom. The molecule has 0 aliphatic rings. The second kappa shape index (κ2) is 9.50. The van der Waals surface area contributed by atoms with E-state index in [0.29, 0.717) is 0 Å². The van der Waals surface area contributed by atoms with Gasteiger partial charge in [-0.2, -0.15) is 0 Å². The summed E-state index contributed by atoms with van der Waals surface area (Å²) in [5.74, 6) is -2.64. The molecule has 3 rings (SSSR count). The average molecular weight is 411 g/mol. The van der Waals surface area contributed by atoms with E-state index in [4.69, 9.17) is 4.74 Å². The van der Waals surface area contributed by atoms with Gasteiger partial charge < -0.3 is 10.1 Å². The van der Waals surface area contributed by atoms with Crippen LogP contribution in [-0.4, -0.2) is 44.5 Å². The lowest BCUT2D eigenvalue weighted by Crippen LogP contribution is -2.27. The number of benzene rings is 2. The Morgan fingerprint density at radius 1 is 1.17 bits per heavy atom. The van der Waals surface area contributed by atoms with Gasteiger partial charge in [0.25, 0.3) is 0 Å². The molecule has 154 valence electrons. The van der Waals surface area contributed by atoms with Gasteiger partial charge in [-0.1, -0.05) is 30.3 Å². The predicted molar refractivity (Wildman–Crippen MR) is 103 cm³/mol. The Kier molecular flexibility index (Phi) is 6.58. The number of carbonyl (C=O) groups excluding carboxylic acids is 3. The maximum Gasteiger partial charge on any atom is 0.331 e. The number of carbonyl (C=O) groups is 3.